The highest BCUT2D eigenvalue weighted by Gasteiger charge is 2.20. The predicted molar refractivity (Wildman–Crippen MR) is 90.1 cm³/mol. The molecular weight excluding hydrogens is 328 g/mol. The van der Waals surface area contributed by atoms with Crippen molar-refractivity contribution in [2.45, 2.75) is 19.9 Å². The van der Waals surface area contributed by atoms with Crippen LogP contribution in [0.15, 0.2) is 47.2 Å². The number of aromatic nitrogens is 3. The zero-order chi connectivity index (χ0) is 16.9. The van der Waals surface area contributed by atoms with E-state index < -0.39 is 0 Å². The highest BCUT2D eigenvalue weighted by atomic mass is 35.5. The second kappa shape index (κ2) is 7.31. The minimum atomic E-state index is -0.254. The first kappa shape index (κ1) is 16.3. The predicted octanol–water partition coefficient (Wildman–Crippen LogP) is 2.85. The standard InChI is InChI=1S/C17H17ClN4O2/c1-12-15(11-22-10-14(18)9-20-22)16(21-24-12)17(23)19-8-7-13-5-3-2-4-6-13/h2-6,9-10H,7-8,11H2,1H3,(H,19,23). The third-order valence-corrected chi connectivity index (χ3v) is 3.86. The van der Waals surface area contributed by atoms with E-state index in [1.54, 1.807) is 24.0 Å². The summed E-state index contributed by atoms with van der Waals surface area (Å²) in [6.45, 7) is 2.68. The van der Waals surface area contributed by atoms with E-state index in [1.165, 1.54) is 5.56 Å². The quantitative estimate of drug-likeness (QED) is 0.746. The van der Waals surface area contributed by atoms with E-state index in [9.17, 15) is 4.79 Å². The summed E-state index contributed by atoms with van der Waals surface area (Å²) in [6, 6.07) is 9.98. The molecule has 3 aromatic rings. The number of hydrogen-bond acceptors (Lipinski definition) is 4. The van der Waals surface area contributed by atoms with Crippen LogP contribution in [0.25, 0.3) is 0 Å². The topological polar surface area (TPSA) is 73.0 Å². The maximum absolute atomic E-state index is 12.4. The molecule has 1 N–H and O–H groups in total. The number of rotatable bonds is 6. The molecular formula is C17H17ClN4O2. The van der Waals surface area contributed by atoms with E-state index >= 15 is 0 Å². The molecule has 0 saturated carbocycles. The lowest BCUT2D eigenvalue weighted by Crippen LogP contribution is -2.27. The molecule has 3 rings (SSSR count). The maximum Gasteiger partial charge on any atom is 0.273 e. The van der Waals surface area contributed by atoms with Crippen LogP contribution in [0.2, 0.25) is 5.02 Å². The SMILES string of the molecule is Cc1onc(C(=O)NCCc2ccccc2)c1Cn1cc(Cl)cn1. The van der Waals surface area contributed by atoms with Gasteiger partial charge in [-0.1, -0.05) is 47.1 Å². The van der Waals surface area contributed by atoms with Crippen LogP contribution in [0, 0.1) is 6.92 Å². The first-order valence-corrected chi connectivity index (χ1v) is 7.96. The van der Waals surface area contributed by atoms with Gasteiger partial charge >= 0.3 is 0 Å². The zero-order valence-corrected chi connectivity index (χ0v) is 14.0. The van der Waals surface area contributed by atoms with Crippen LogP contribution in [0.4, 0.5) is 0 Å². The van der Waals surface area contributed by atoms with Crippen molar-refractivity contribution in [3.63, 3.8) is 0 Å². The van der Waals surface area contributed by atoms with Gasteiger partial charge in [0, 0.05) is 18.3 Å². The van der Waals surface area contributed by atoms with Gasteiger partial charge < -0.3 is 9.84 Å². The van der Waals surface area contributed by atoms with Gasteiger partial charge in [0.1, 0.15) is 5.76 Å². The first-order chi connectivity index (χ1) is 11.6. The van der Waals surface area contributed by atoms with Gasteiger partial charge in [-0.2, -0.15) is 5.10 Å². The highest BCUT2D eigenvalue weighted by Crippen LogP contribution is 2.16. The normalized spacial score (nSPS) is 10.8. The number of aryl methyl sites for hydroxylation is 1. The Morgan fingerprint density at radius 1 is 1.33 bits per heavy atom. The number of halogens is 1. The Morgan fingerprint density at radius 3 is 2.83 bits per heavy atom. The fourth-order valence-electron chi connectivity index (χ4n) is 2.39. The molecule has 0 aliphatic carbocycles. The molecule has 0 spiro atoms. The smallest absolute Gasteiger partial charge is 0.273 e. The van der Waals surface area contributed by atoms with E-state index in [1.807, 2.05) is 30.3 Å². The molecule has 24 heavy (non-hydrogen) atoms. The van der Waals surface area contributed by atoms with Crippen LogP contribution in [0.1, 0.15) is 27.4 Å². The van der Waals surface area contributed by atoms with Crippen molar-refractivity contribution < 1.29 is 9.32 Å². The molecule has 0 aliphatic rings. The van der Waals surface area contributed by atoms with Gasteiger partial charge in [-0.3, -0.25) is 9.48 Å². The van der Waals surface area contributed by atoms with Crippen LogP contribution in [0.3, 0.4) is 0 Å². The summed E-state index contributed by atoms with van der Waals surface area (Å²) in [5.41, 5.74) is 2.15. The number of nitrogens with one attached hydrogen (secondary N) is 1. The molecule has 0 unspecified atom stereocenters. The first-order valence-electron chi connectivity index (χ1n) is 7.58. The van der Waals surface area contributed by atoms with Gasteiger partial charge in [-0.25, -0.2) is 0 Å². The summed E-state index contributed by atoms with van der Waals surface area (Å²) in [7, 11) is 0. The van der Waals surface area contributed by atoms with Crippen molar-refractivity contribution >= 4 is 17.5 Å². The van der Waals surface area contributed by atoms with Crippen LogP contribution in [0.5, 0.6) is 0 Å². The number of carbonyl (C=O) groups excluding carboxylic acids is 1. The molecule has 6 nitrogen and oxygen atoms in total. The summed E-state index contributed by atoms with van der Waals surface area (Å²) in [5, 5.41) is 11.4. The Labute approximate surface area is 144 Å². The molecule has 2 heterocycles. The lowest BCUT2D eigenvalue weighted by atomic mass is 10.1. The third kappa shape index (κ3) is 3.83. The molecule has 0 bridgehead atoms. The number of carbonyl (C=O) groups is 1. The lowest BCUT2D eigenvalue weighted by Gasteiger charge is -2.05. The van der Waals surface area contributed by atoms with Crippen molar-refractivity contribution in [2.75, 3.05) is 6.54 Å². The number of nitrogens with zero attached hydrogens (tertiary/aromatic N) is 3. The average molecular weight is 345 g/mol. The number of benzene rings is 1. The molecule has 0 saturated heterocycles. The molecule has 2 aromatic heterocycles. The Morgan fingerprint density at radius 2 is 2.12 bits per heavy atom. The van der Waals surface area contributed by atoms with Crippen LogP contribution in [-0.4, -0.2) is 27.4 Å². The summed E-state index contributed by atoms with van der Waals surface area (Å²) in [5.74, 6) is 0.339. The Balaban J connectivity index is 1.64. The number of amides is 1. The fourth-order valence-corrected chi connectivity index (χ4v) is 2.55. The van der Waals surface area contributed by atoms with Gasteiger partial charge in [0.15, 0.2) is 5.69 Å². The van der Waals surface area contributed by atoms with E-state index in [2.05, 4.69) is 15.6 Å². The molecule has 1 aromatic carbocycles. The van der Waals surface area contributed by atoms with Gasteiger partial charge in [0.25, 0.3) is 5.91 Å². The van der Waals surface area contributed by atoms with Crippen LogP contribution < -0.4 is 5.32 Å². The molecule has 0 atom stereocenters. The molecule has 124 valence electrons. The lowest BCUT2D eigenvalue weighted by molar-refractivity contribution is 0.0944. The summed E-state index contributed by atoms with van der Waals surface area (Å²) < 4.78 is 6.82. The minimum Gasteiger partial charge on any atom is -0.361 e. The van der Waals surface area contributed by atoms with Crippen molar-refractivity contribution in [1.29, 1.82) is 0 Å². The van der Waals surface area contributed by atoms with Gasteiger partial charge in [-0.15, -0.1) is 0 Å². The van der Waals surface area contributed by atoms with Crippen molar-refractivity contribution in [3.05, 3.63) is 70.3 Å². The van der Waals surface area contributed by atoms with Crippen molar-refractivity contribution in [3.8, 4) is 0 Å². The maximum atomic E-state index is 12.4. The molecule has 7 heteroatoms. The van der Waals surface area contributed by atoms with E-state index in [0.29, 0.717) is 29.4 Å². The third-order valence-electron chi connectivity index (χ3n) is 3.66. The van der Waals surface area contributed by atoms with Crippen molar-refractivity contribution in [2.24, 2.45) is 0 Å². The fraction of sp³-hybridized carbons (Fsp3) is 0.235. The Hall–Kier alpha value is -2.60. The van der Waals surface area contributed by atoms with Gasteiger partial charge in [0.05, 0.1) is 17.8 Å². The van der Waals surface area contributed by atoms with Gasteiger partial charge in [0.2, 0.25) is 0 Å². The summed E-state index contributed by atoms with van der Waals surface area (Å²) in [6.07, 6.45) is 3.99. The van der Waals surface area contributed by atoms with E-state index in [-0.39, 0.29) is 11.6 Å². The summed E-state index contributed by atoms with van der Waals surface area (Å²) >= 11 is 5.87. The zero-order valence-electron chi connectivity index (χ0n) is 13.2. The molecule has 0 aliphatic heterocycles. The monoisotopic (exact) mass is 344 g/mol. The molecule has 0 radical (unpaired) electrons. The second-order valence-corrected chi connectivity index (χ2v) is 5.85. The Bertz CT molecular complexity index is 826. The largest absolute Gasteiger partial charge is 0.361 e. The van der Waals surface area contributed by atoms with E-state index in [0.717, 1.165) is 6.42 Å². The highest BCUT2D eigenvalue weighted by molar-refractivity contribution is 6.30. The molecule has 1 amide bonds. The van der Waals surface area contributed by atoms with E-state index in [4.69, 9.17) is 16.1 Å². The van der Waals surface area contributed by atoms with Crippen LogP contribution in [-0.2, 0) is 13.0 Å². The number of hydrogen-bond donors (Lipinski definition) is 1. The minimum absolute atomic E-state index is 0.254. The van der Waals surface area contributed by atoms with Gasteiger partial charge in [-0.05, 0) is 18.9 Å². The Kier molecular flexibility index (Phi) is 4.96. The van der Waals surface area contributed by atoms with Crippen molar-refractivity contribution in [1.82, 2.24) is 20.3 Å². The van der Waals surface area contributed by atoms with Crippen LogP contribution >= 0.6 is 11.6 Å². The second-order valence-electron chi connectivity index (χ2n) is 5.41. The average Bonchev–Trinajstić information content (AvgIpc) is 3.15. The summed E-state index contributed by atoms with van der Waals surface area (Å²) in [4.78, 5) is 12.4. The molecule has 0 fully saturated rings.